The van der Waals surface area contributed by atoms with Crippen molar-refractivity contribution < 1.29 is 10.2 Å². The van der Waals surface area contributed by atoms with Crippen LogP contribution in [0.1, 0.15) is 43.8 Å². The molecule has 1 aliphatic carbocycles. The van der Waals surface area contributed by atoms with Gasteiger partial charge in [-0.25, -0.2) is 0 Å². The highest BCUT2D eigenvalue weighted by atomic mass is 16.3. The fraction of sp³-hybridized carbons (Fsp3) is 0.471. The number of fused-ring (bicyclic) bond motifs is 1. The van der Waals surface area contributed by atoms with E-state index < -0.39 is 12.2 Å². The van der Waals surface area contributed by atoms with Gasteiger partial charge < -0.3 is 10.2 Å². The number of aliphatic hydroxyl groups excluding tert-OH is 2. The van der Waals surface area contributed by atoms with E-state index in [4.69, 9.17) is 0 Å². The van der Waals surface area contributed by atoms with E-state index in [0.29, 0.717) is 0 Å². The molecule has 2 unspecified atom stereocenters. The third-order valence-electron chi connectivity index (χ3n) is 4.43. The Morgan fingerprint density at radius 2 is 1.85 bits per heavy atom. The summed E-state index contributed by atoms with van der Waals surface area (Å²) in [7, 11) is 0. The second-order valence-electron chi connectivity index (χ2n) is 5.79. The van der Waals surface area contributed by atoms with Crippen LogP contribution < -0.4 is 0 Å². The van der Waals surface area contributed by atoms with E-state index >= 15 is 0 Å². The van der Waals surface area contributed by atoms with Crippen LogP contribution in [0.3, 0.4) is 0 Å². The molecule has 1 heterocycles. The van der Waals surface area contributed by atoms with Gasteiger partial charge in [-0.3, -0.25) is 4.98 Å². The first kappa shape index (κ1) is 13.5. The molecule has 1 fully saturated rings. The van der Waals surface area contributed by atoms with Gasteiger partial charge in [-0.1, -0.05) is 37.5 Å². The Kier molecular flexibility index (Phi) is 3.99. The first-order valence-corrected chi connectivity index (χ1v) is 7.46. The van der Waals surface area contributed by atoms with Crippen molar-refractivity contribution in [2.24, 2.45) is 5.92 Å². The Morgan fingerprint density at radius 1 is 1.05 bits per heavy atom. The van der Waals surface area contributed by atoms with Crippen molar-refractivity contribution in [3.8, 4) is 0 Å². The smallest absolute Gasteiger partial charge is 0.105 e. The lowest BCUT2D eigenvalue weighted by Crippen LogP contribution is -2.29. The summed E-state index contributed by atoms with van der Waals surface area (Å²) in [6.07, 6.45) is 5.87. The van der Waals surface area contributed by atoms with Gasteiger partial charge in [-0.2, -0.15) is 0 Å². The van der Waals surface area contributed by atoms with Crippen LogP contribution in [0.25, 0.3) is 10.9 Å². The van der Waals surface area contributed by atoms with Gasteiger partial charge >= 0.3 is 0 Å². The second-order valence-corrected chi connectivity index (χ2v) is 5.79. The SMILES string of the molecule is OC(c1ccc2cccnc2c1)C(O)C1CCCCC1. The summed E-state index contributed by atoms with van der Waals surface area (Å²) in [4.78, 5) is 4.30. The number of aliphatic hydroxyl groups is 2. The molecule has 0 aliphatic heterocycles. The highest BCUT2D eigenvalue weighted by molar-refractivity contribution is 5.78. The maximum atomic E-state index is 10.4. The summed E-state index contributed by atoms with van der Waals surface area (Å²) in [5, 5.41) is 21.9. The van der Waals surface area contributed by atoms with Crippen LogP contribution in [0.4, 0.5) is 0 Å². The number of aromatic nitrogens is 1. The summed E-state index contributed by atoms with van der Waals surface area (Å²) in [6.45, 7) is 0. The van der Waals surface area contributed by atoms with Gasteiger partial charge in [0.25, 0.3) is 0 Å². The van der Waals surface area contributed by atoms with Crippen LogP contribution in [0.2, 0.25) is 0 Å². The first-order valence-electron chi connectivity index (χ1n) is 7.46. The van der Waals surface area contributed by atoms with Crippen LogP contribution in [0.5, 0.6) is 0 Å². The normalized spacial score (nSPS) is 19.9. The molecule has 1 aliphatic rings. The van der Waals surface area contributed by atoms with Crippen molar-refractivity contribution in [1.82, 2.24) is 4.98 Å². The minimum atomic E-state index is -0.815. The average molecular weight is 271 g/mol. The third kappa shape index (κ3) is 2.69. The van der Waals surface area contributed by atoms with Crippen molar-refractivity contribution in [2.45, 2.75) is 44.3 Å². The highest BCUT2D eigenvalue weighted by Gasteiger charge is 2.28. The Balaban J connectivity index is 1.81. The van der Waals surface area contributed by atoms with Crippen molar-refractivity contribution in [1.29, 1.82) is 0 Å². The molecule has 0 spiro atoms. The molecule has 106 valence electrons. The molecule has 0 radical (unpaired) electrons. The van der Waals surface area contributed by atoms with Crippen LogP contribution in [-0.2, 0) is 0 Å². The number of rotatable bonds is 3. The molecule has 3 nitrogen and oxygen atoms in total. The van der Waals surface area contributed by atoms with Crippen LogP contribution >= 0.6 is 0 Å². The molecule has 0 bridgehead atoms. The van der Waals surface area contributed by atoms with Gasteiger partial charge in [0.1, 0.15) is 6.10 Å². The highest BCUT2D eigenvalue weighted by Crippen LogP contribution is 2.32. The Hall–Kier alpha value is -1.45. The molecule has 2 aromatic rings. The largest absolute Gasteiger partial charge is 0.390 e. The molecule has 3 rings (SSSR count). The Morgan fingerprint density at radius 3 is 2.65 bits per heavy atom. The van der Waals surface area contributed by atoms with Gasteiger partial charge in [0.05, 0.1) is 11.6 Å². The lowest BCUT2D eigenvalue weighted by molar-refractivity contribution is -0.0285. The predicted octanol–water partition coefficient (Wildman–Crippen LogP) is 3.21. The fourth-order valence-corrected chi connectivity index (χ4v) is 3.20. The molecule has 2 atom stereocenters. The molecule has 0 amide bonds. The maximum absolute atomic E-state index is 10.4. The van der Waals surface area contributed by atoms with Crippen molar-refractivity contribution in [3.05, 3.63) is 42.1 Å². The summed E-state index contributed by atoms with van der Waals surface area (Å²) < 4.78 is 0. The van der Waals surface area contributed by atoms with E-state index in [2.05, 4.69) is 4.98 Å². The van der Waals surface area contributed by atoms with Crippen molar-refractivity contribution in [3.63, 3.8) is 0 Å². The molecule has 1 aromatic carbocycles. The van der Waals surface area contributed by atoms with E-state index in [1.54, 1.807) is 6.20 Å². The second kappa shape index (κ2) is 5.90. The quantitative estimate of drug-likeness (QED) is 0.901. The summed E-state index contributed by atoms with van der Waals surface area (Å²) in [5.41, 5.74) is 1.62. The molecule has 2 N–H and O–H groups in total. The van der Waals surface area contributed by atoms with Gasteiger partial charge in [0.2, 0.25) is 0 Å². The van der Waals surface area contributed by atoms with Gasteiger partial charge in [0, 0.05) is 11.6 Å². The number of pyridine rings is 1. The molecule has 3 heteroatoms. The zero-order valence-corrected chi connectivity index (χ0v) is 11.6. The van der Waals surface area contributed by atoms with E-state index in [-0.39, 0.29) is 5.92 Å². The van der Waals surface area contributed by atoms with Gasteiger partial charge in [-0.15, -0.1) is 0 Å². The number of nitrogens with zero attached hydrogens (tertiary/aromatic N) is 1. The van der Waals surface area contributed by atoms with Crippen molar-refractivity contribution in [2.75, 3.05) is 0 Å². The predicted molar refractivity (Wildman–Crippen MR) is 79.3 cm³/mol. The molecule has 20 heavy (non-hydrogen) atoms. The van der Waals surface area contributed by atoms with E-state index in [9.17, 15) is 10.2 Å². The summed E-state index contributed by atoms with van der Waals surface area (Å²) in [6, 6.07) is 9.62. The van der Waals surface area contributed by atoms with Gasteiger partial charge in [-0.05, 0) is 36.5 Å². The van der Waals surface area contributed by atoms with Gasteiger partial charge in [0.15, 0.2) is 0 Å². The average Bonchev–Trinajstić information content (AvgIpc) is 2.54. The maximum Gasteiger partial charge on any atom is 0.105 e. The lowest BCUT2D eigenvalue weighted by Gasteiger charge is -2.30. The summed E-state index contributed by atoms with van der Waals surface area (Å²) in [5.74, 6) is 0.221. The first-order chi connectivity index (χ1) is 9.75. The molecule has 1 aromatic heterocycles. The van der Waals surface area contributed by atoms with E-state index in [0.717, 1.165) is 42.1 Å². The minimum Gasteiger partial charge on any atom is -0.390 e. The molecular formula is C17H21NO2. The monoisotopic (exact) mass is 271 g/mol. The zero-order valence-electron chi connectivity index (χ0n) is 11.6. The van der Waals surface area contributed by atoms with Crippen LogP contribution in [-0.4, -0.2) is 21.3 Å². The van der Waals surface area contributed by atoms with E-state index in [1.165, 1.54) is 6.42 Å². The van der Waals surface area contributed by atoms with Crippen LogP contribution in [0, 0.1) is 5.92 Å². The zero-order chi connectivity index (χ0) is 13.9. The Labute approximate surface area is 119 Å². The molecule has 1 saturated carbocycles. The molecule has 0 saturated heterocycles. The summed E-state index contributed by atoms with van der Waals surface area (Å²) >= 11 is 0. The minimum absolute atomic E-state index is 0.221. The third-order valence-corrected chi connectivity index (χ3v) is 4.43. The Bertz CT molecular complexity index is 578. The van der Waals surface area contributed by atoms with E-state index in [1.807, 2.05) is 30.3 Å². The topological polar surface area (TPSA) is 53.4 Å². The number of hydrogen-bond donors (Lipinski definition) is 2. The standard InChI is InChI=1S/C17H21NO2/c19-16(13-5-2-1-3-6-13)17(20)14-9-8-12-7-4-10-18-15(12)11-14/h4,7-11,13,16-17,19-20H,1-3,5-6H2. The van der Waals surface area contributed by atoms with Crippen molar-refractivity contribution >= 4 is 10.9 Å². The number of hydrogen-bond acceptors (Lipinski definition) is 3. The van der Waals surface area contributed by atoms with Crippen LogP contribution in [0.15, 0.2) is 36.5 Å². The lowest BCUT2D eigenvalue weighted by atomic mass is 9.82. The molecular weight excluding hydrogens is 250 g/mol. The fourth-order valence-electron chi connectivity index (χ4n) is 3.20. The number of benzene rings is 1.